The monoisotopic (exact) mass is 308 g/mol. The van der Waals surface area contributed by atoms with Crippen LogP contribution in [0.25, 0.3) is 5.69 Å². The van der Waals surface area contributed by atoms with E-state index < -0.39 is 6.17 Å². The summed E-state index contributed by atoms with van der Waals surface area (Å²) in [5.74, 6) is -0.557. The van der Waals surface area contributed by atoms with Gasteiger partial charge in [-0.25, -0.2) is 9.37 Å². The SMILES string of the molecule is O=C1N[C@H](c2ccc(-n3ccnc3)c(F)c2)Nc2ccccc21. The maximum atomic E-state index is 14.4. The van der Waals surface area contributed by atoms with Gasteiger partial charge in [0.25, 0.3) is 5.91 Å². The zero-order valence-electron chi connectivity index (χ0n) is 12.0. The molecule has 1 aromatic heterocycles. The van der Waals surface area contributed by atoms with Gasteiger partial charge < -0.3 is 15.2 Å². The first-order chi connectivity index (χ1) is 11.2. The third kappa shape index (κ3) is 2.34. The van der Waals surface area contributed by atoms with Crippen LogP contribution in [-0.4, -0.2) is 15.5 Å². The number of carbonyl (C=O) groups excluding carboxylic acids is 1. The van der Waals surface area contributed by atoms with Crippen molar-refractivity contribution in [3.63, 3.8) is 0 Å². The average Bonchev–Trinajstić information content (AvgIpc) is 3.09. The summed E-state index contributed by atoms with van der Waals surface area (Å²) in [5.41, 5.74) is 2.38. The van der Waals surface area contributed by atoms with E-state index in [-0.39, 0.29) is 11.7 Å². The fraction of sp³-hybridized carbons (Fsp3) is 0.0588. The Bertz CT molecular complexity index is 876. The molecule has 2 aromatic carbocycles. The normalized spacial score (nSPS) is 16.4. The molecule has 4 rings (SSSR count). The first-order valence-corrected chi connectivity index (χ1v) is 7.16. The fourth-order valence-electron chi connectivity index (χ4n) is 2.69. The molecule has 0 aliphatic carbocycles. The Morgan fingerprint density at radius 1 is 1.13 bits per heavy atom. The first-order valence-electron chi connectivity index (χ1n) is 7.16. The minimum atomic E-state index is -0.469. The standard InChI is InChI=1S/C17H13FN4O/c18-13-9-11(5-6-15(13)22-8-7-19-10-22)16-20-14-4-2-1-3-12(14)17(23)21-16/h1-10,16,20H,(H,21,23)/t16-/m1/s1. The molecule has 0 radical (unpaired) electrons. The minimum absolute atomic E-state index is 0.177. The van der Waals surface area contributed by atoms with Crippen molar-refractivity contribution in [3.05, 3.63) is 78.1 Å². The molecule has 3 aromatic rings. The number of anilines is 1. The number of fused-ring (bicyclic) bond motifs is 1. The van der Waals surface area contributed by atoms with Crippen LogP contribution in [0.1, 0.15) is 22.1 Å². The highest BCUT2D eigenvalue weighted by molar-refractivity contribution is 6.01. The average molecular weight is 308 g/mol. The number of carbonyl (C=O) groups is 1. The molecule has 1 aliphatic heterocycles. The van der Waals surface area contributed by atoms with E-state index in [0.717, 1.165) is 5.69 Å². The van der Waals surface area contributed by atoms with Crippen molar-refractivity contribution in [2.45, 2.75) is 6.17 Å². The summed E-state index contributed by atoms with van der Waals surface area (Å²) in [6.07, 6.45) is 4.33. The number of imidazole rings is 1. The Labute approximate surface area is 131 Å². The summed E-state index contributed by atoms with van der Waals surface area (Å²) in [6, 6.07) is 12.1. The Kier molecular flexibility index (Phi) is 3.08. The molecule has 0 saturated heterocycles. The summed E-state index contributed by atoms with van der Waals surface area (Å²) in [5, 5.41) is 6.04. The second-order valence-corrected chi connectivity index (χ2v) is 5.28. The lowest BCUT2D eigenvalue weighted by Crippen LogP contribution is -2.38. The molecule has 2 N–H and O–H groups in total. The van der Waals surface area contributed by atoms with Crippen molar-refractivity contribution in [1.82, 2.24) is 14.9 Å². The maximum absolute atomic E-state index is 14.4. The van der Waals surface area contributed by atoms with Gasteiger partial charge in [0, 0.05) is 18.1 Å². The van der Waals surface area contributed by atoms with Gasteiger partial charge in [-0.3, -0.25) is 4.79 Å². The predicted molar refractivity (Wildman–Crippen MR) is 83.8 cm³/mol. The molecule has 1 atom stereocenters. The van der Waals surface area contributed by atoms with Gasteiger partial charge in [0.2, 0.25) is 0 Å². The number of hydrogen-bond donors (Lipinski definition) is 2. The van der Waals surface area contributed by atoms with E-state index in [4.69, 9.17) is 0 Å². The first kappa shape index (κ1) is 13.5. The quantitative estimate of drug-likeness (QED) is 0.765. The summed E-state index contributed by atoms with van der Waals surface area (Å²) in [7, 11) is 0. The van der Waals surface area contributed by atoms with Gasteiger partial charge >= 0.3 is 0 Å². The molecule has 114 valence electrons. The molecular weight excluding hydrogens is 295 g/mol. The van der Waals surface area contributed by atoms with E-state index in [0.29, 0.717) is 16.8 Å². The van der Waals surface area contributed by atoms with Crippen molar-refractivity contribution in [2.75, 3.05) is 5.32 Å². The molecular formula is C17H13FN4O. The van der Waals surface area contributed by atoms with Crippen molar-refractivity contribution in [1.29, 1.82) is 0 Å². The van der Waals surface area contributed by atoms with Gasteiger partial charge in [0.05, 0.1) is 17.6 Å². The highest BCUT2D eigenvalue weighted by Crippen LogP contribution is 2.27. The zero-order valence-corrected chi connectivity index (χ0v) is 12.0. The lowest BCUT2D eigenvalue weighted by atomic mass is 10.1. The van der Waals surface area contributed by atoms with Crippen LogP contribution in [-0.2, 0) is 0 Å². The van der Waals surface area contributed by atoms with Gasteiger partial charge in [0.15, 0.2) is 0 Å². The Balaban J connectivity index is 1.67. The third-order valence-electron chi connectivity index (χ3n) is 3.83. The zero-order chi connectivity index (χ0) is 15.8. The van der Waals surface area contributed by atoms with Crippen LogP contribution >= 0.6 is 0 Å². The van der Waals surface area contributed by atoms with E-state index in [1.165, 1.54) is 12.4 Å². The van der Waals surface area contributed by atoms with E-state index in [1.807, 2.05) is 12.1 Å². The number of nitrogens with zero attached hydrogens (tertiary/aromatic N) is 2. The van der Waals surface area contributed by atoms with Crippen LogP contribution in [0.4, 0.5) is 10.1 Å². The van der Waals surface area contributed by atoms with Crippen molar-refractivity contribution in [3.8, 4) is 5.69 Å². The van der Waals surface area contributed by atoms with Crippen molar-refractivity contribution >= 4 is 11.6 Å². The molecule has 5 nitrogen and oxygen atoms in total. The molecule has 0 saturated carbocycles. The third-order valence-corrected chi connectivity index (χ3v) is 3.83. The smallest absolute Gasteiger partial charge is 0.255 e. The number of nitrogens with one attached hydrogen (secondary N) is 2. The lowest BCUT2D eigenvalue weighted by Gasteiger charge is -2.28. The van der Waals surface area contributed by atoms with Gasteiger partial charge in [-0.05, 0) is 29.8 Å². The molecule has 0 bridgehead atoms. The molecule has 0 unspecified atom stereocenters. The van der Waals surface area contributed by atoms with Crippen LogP contribution in [0.3, 0.4) is 0 Å². The number of aromatic nitrogens is 2. The largest absolute Gasteiger partial charge is 0.361 e. The highest BCUT2D eigenvalue weighted by atomic mass is 19.1. The number of amides is 1. The highest BCUT2D eigenvalue weighted by Gasteiger charge is 2.24. The Morgan fingerprint density at radius 3 is 2.78 bits per heavy atom. The fourth-order valence-corrected chi connectivity index (χ4v) is 2.69. The number of halogens is 1. The maximum Gasteiger partial charge on any atom is 0.255 e. The summed E-state index contributed by atoms with van der Waals surface area (Å²) < 4.78 is 16.0. The van der Waals surface area contributed by atoms with E-state index in [2.05, 4.69) is 15.6 Å². The van der Waals surface area contributed by atoms with E-state index in [9.17, 15) is 9.18 Å². The van der Waals surface area contributed by atoms with Crippen LogP contribution < -0.4 is 10.6 Å². The van der Waals surface area contributed by atoms with E-state index in [1.54, 1.807) is 41.2 Å². The lowest BCUT2D eigenvalue weighted by molar-refractivity contribution is 0.0935. The Hall–Kier alpha value is -3.15. The molecule has 1 aliphatic rings. The number of benzene rings is 2. The van der Waals surface area contributed by atoms with E-state index >= 15 is 0 Å². The van der Waals surface area contributed by atoms with Crippen molar-refractivity contribution in [2.24, 2.45) is 0 Å². The van der Waals surface area contributed by atoms with Crippen molar-refractivity contribution < 1.29 is 9.18 Å². The molecule has 23 heavy (non-hydrogen) atoms. The number of rotatable bonds is 2. The summed E-state index contributed by atoms with van der Waals surface area (Å²) in [6.45, 7) is 0. The Morgan fingerprint density at radius 2 is 2.00 bits per heavy atom. The van der Waals surface area contributed by atoms with Gasteiger partial charge in [-0.15, -0.1) is 0 Å². The summed E-state index contributed by atoms with van der Waals surface area (Å²) in [4.78, 5) is 16.1. The number of hydrogen-bond acceptors (Lipinski definition) is 3. The van der Waals surface area contributed by atoms with Gasteiger partial charge in [-0.1, -0.05) is 18.2 Å². The molecule has 0 spiro atoms. The van der Waals surface area contributed by atoms with Crippen LogP contribution in [0.5, 0.6) is 0 Å². The second-order valence-electron chi connectivity index (χ2n) is 5.28. The number of para-hydroxylation sites is 1. The summed E-state index contributed by atoms with van der Waals surface area (Å²) >= 11 is 0. The second kappa shape index (κ2) is 5.24. The van der Waals surface area contributed by atoms with Crippen LogP contribution in [0.15, 0.2) is 61.2 Å². The molecule has 0 fully saturated rings. The van der Waals surface area contributed by atoms with Crippen LogP contribution in [0, 0.1) is 5.82 Å². The molecule has 1 amide bonds. The van der Waals surface area contributed by atoms with Gasteiger partial charge in [-0.2, -0.15) is 0 Å². The van der Waals surface area contributed by atoms with Crippen LogP contribution in [0.2, 0.25) is 0 Å². The predicted octanol–water partition coefficient (Wildman–Crippen LogP) is 2.87. The minimum Gasteiger partial charge on any atom is -0.361 e. The molecule has 6 heteroatoms. The topological polar surface area (TPSA) is 59.0 Å². The molecule has 2 heterocycles. The van der Waals surface area contributed by atoms with Gasteiger partial charge in [0.1, 0.15) is 12.0 Å².